The van der Waals surface area contributed by atoms with Crippen molar-refractivity contribution in [1.29, 1.82) is 0 Å². The maximum atomic E-state index is 5.79. The minimum absolute atomic E-state index is 0.0914. The summed E-state index contributed by atoms with van der Waals surface area (Å²) in [5.41, 5.74) is 0. The fourth-order valence-electron chi connectivity index (χ4n) is 2.71. The van der Waals surface area contributed by atoms with Crippen LogP contribution in [0.4, 0.5) is 0 Å². The molecule has 0 saturated carbocycles. The summed E-state index contributed by atoms with van der Waals surface area (Å²) in [6.07, 6.45) is 4.58. The van der Waals surface area contributed by atoms with Crippen LogP contribution in [0.25, 0.3) is 0 Å². The molecule has 6 nitrogen and oxygen atoms in total. The van der Waals surface area contributed by atoms with Gasteiger partial charge >= 0.3 is 12.0 Å². The van der Waals surface area contributed by atoms with E-state index in [1.165, 1.54) is 20.0 Å². The molecule has 1 N–H and O–H groups in total. The molecule has 0 aromatic carbocycles. The van der Waals surface area contributed by atoms with Gasteiger partial charge in [-0.1, -0.05) is 0 Å². The molecular weight excluding hydrogens is 256 g/mol. The minimum Gasteiger partial charge on any atom is -0.467 e. The monoisotopic (exact) mass is 270 g/mol. The molecule has 3 rings (SSSR count). The molecule has 98 valence electrons. The number of nitrogens with one attached hydrogen (secondary N) is 1. The Labute approximate surface area is 110 Å². The van der Waals surface area contributed by atoms with Gasteiger partial charge in [0.05, 0.1) is 7.11 Å². The molecule has 0 radical (unpaired) electrons. The molecule has 2 aliphatic rings. The van der Waals surface area contributed by atoms with Crippen molar-refractivity contribution in [3.05, 3.63) is 5.28 Å². The summed E-state index contributed by atoms with van der Waals surface area (Å²) in [6.45, 7) is 0. The number of hydrogen-bond donors (Lipinski definition) is 1. The summed E-state index contributed by atoms with van der Waals surface area (Å²) >= 11 is 5.78. The molecule has 2 fully saturated rings. The van der Waals surface area contributed by atoms with Crippen molar-refractivity contribution >= 4 is 11.6 Å². The normalized spacial score (nSPS) is 30.2. The highest BCUT2D eigenvalue weighted by Gasteiger charge is 2.34. The van der Waals surface area contributed by atoms with E-state index in [2.05, 4.69) is 20.3 Å². The predicted octanol–water partition coefficient (Wildman–Crippen LogP) is 1.20. The third-order valence-electron chi connectivity index (χ3n) is 3.45. The zero-order chi connectivity index (χ0) is 12.5. The standard InChI is InChI=1S/C11H15ClN4O2/c1-17-10-14-9(12)15-11(16-10)18-8-4-6-2-3-7(5-8)13-6/h6-8,13H,2-5H2,1H3. The lowest BCUT2D eigenvalue weighted by atomic mass is 10.0. The molecule has 2 aliphatic heterocycles. The van der Waals surface area contributed by atoms with E-state index in [9.17, 15) is 0 Å². The first kappa shape index (κ1) is 11.9. The van der Waals surface area contributed by atoms with Crippen molar-refractivity contribution in [2.24, 2.45) is 0 Å². The van der Waals surface area contributed by atoms with Crippen LogP contribution in [-0.4, -0.2) is 40.2 Å². The van der Waals surface area contributed by atoms with Crippen LogP contribution in [0.15, 0.2) is 0 Å². The number of hydrogen-bond acceptors (Lipinski definition) is 6. The Morgan fingerprint density at radius 3 is 2.44 bits per heavy atom. The van der Waals surface area contributed by atoms with Crippen LogP contribution in [0, 0.1) is 0 Å². The molecule has 2 unspecified atom stereocenters. The largest absolute Gasteiger partial charge is 0.467 e. The topological polar surface area (TPSA) is 69.2 Å². The number of nitrogens with zero attached hydrogens (tertiary/aromatic N) is 3. The number of aromatic nitrogens is 3. The fourth-order valence-corrected chi connectivity index (χ4v) is 2.85. The molecule has 7 heteroatoms. The highest BCUT2D eigenvalue weighted by molar-refractivity contribution is 6.28. The molecule has 18 heavy (non-hydrogen) atoms. The molecule has 1 aromatic heterocycles. The van der Waals surface area contributed by atoms with Gasteiger partial charge in [-0.05, 0) is 37.3 Å². The lowest BCUT2D eigenvalue weighted by Gasteiger charge is -2.28. The summed E-state index contributed by atoms with van der Waals surface area (Å²) in [6, 6.07) is 1.56. The van der Waals surface area contributed by atoms with Crippen molar-refractivity contribution in [2.75, 3.05) is 7.11 Å². The second-order valence-corrected chi connectivity index (χ2v) is 5.06. The summed E-state index contributed by atoms with van der Waals surface area (Å²) in [7, 11) is 1.49. The van der Waals surface area contributed by atoms with Gasteiger partial charge in [0.25, 0.3) is 0 Å². The first-order valence-corrected chi connectivity index (χ1v) is 6.49. The van der Waals surface area contributed by atoms with Gasteiger partial charge in [-0.3, -0.25) is 0 Å². The molecule has 3 heterocycles. The van der Waals surface area contributed by atoms with Crippen molar-refractivity contribution in [3.8, 4) is 12.0 Å². The highest BCUT2D eigenvalue weighted by atomic mass is 35.5. The van der Waals surface area contributed by atoms with E-state index in [1.807, 2.05) is 0 Å². The Morgan fingerprint density at radius 1 is 1.11 bits per heavy atom. The van der Waals surface area contributed by atoms with E-state index in [0.717, 1.165) is 12.8 Å². The molecule has 2 atom stereocenters. The average molecular weight is 271 g/mol. The lowest BCUT2D eigenvalue weighted by molar-refractivity contribution is 0.124. The zero-order valence-corrected chi connectivity index (χ0v) is 10.9. The first-order chi connectivity index (χ1) is 8.72. The van der Waals surface area contributed by atoms with Gasteiger partial charge in [0, 0.05) is 12.1 Å². The second kappa shape index (κ2) is 4.85. The van der Waals surface area contributed by atoms with Gasteiger partial charge < -0.3 is 14.8 Å². The Kier molecular flexibility index (Phi) is 3.22. The minimum atomic E-state index is 0.0914. The number of fused-ring (bicyclic) bond motifs is 2. The van der Waals surface area contributed by atoms with Crippen LogP contribution < -0.4 is 14.8 Å². The maximum absolute atomic E-state index is 5.79. The summed E-state index contributed by atoms with van der Waals surface area (Å²) in [4.78, 5) is 11.8. The first-order valence-electron chi connectivity index (χ1n) is 6.11. The van der Waals surface area contributed by atoms with Crippen LogP contribution in [0.2, 0.25) is 5.28 Å². The zero-order valence-electron chi connectivity index (χ0n) is 10.1. The fraction of sp³-hybridized carbons (Fsp3) is 0.727. The Bertz CT molecular complexity index is 433. The van der Waals surface area contributed by atoms with E-state index in [0.29, 0.717) is 12.1 Å². The molecule has 1 aromatic rings. The summed E-state index contributed by atoms with van der Waals surface area (Å²) in [5, 5.41) is 3.65. The van der Waals surface area contributed by atoms with Gasteiger partial charge in [0.1, 0.15) is 6.10 Å². The summed E-state index contributed by atoms with van der Waals surface area (Å²) in [5.74, 6) is 0. The molecule has 2 bridgehead atoms. The van der Waals surface area contributed by atoms with E-state index >= 15 is 0 Å². The van der Waals surface area contributed by atoms with Crippen LogP contribution in [0.1, 0.15) is 25.7 Å². The third kappa shape index (κ3) is 2.49. The number of ether oxygens (including phenoxy) is 2. The van der Waals surface area contributed by atoms with E-state index in [4.69, 9.17) is 21.1 Å². The molecule has 2 saturated heterocycles. The third-order valence-corrected chi connectivity index (χ3v) is 3.62. The van der Waals surface area contributed by atoms with Gasteiger partial charge in [0.15, 0.2) is 0 Å². The maximum Gasteiger partial charge on any atom is 0.324 e. The van der Waals surface area contributed by atoms with Crippen molar-refractivity contribution in [3.63, 3.8) is 0 Å². The van der Waals surface area contributed by atoms with Crippen LogP contribution >= 0.6 is 11.6 Å². The van der Waals surface area contributed by atoms with Crippen LogP contribution in [0.5, 0.6) is 12.0 Å². The number of piperidine rings is 1. The van der Waals surface area contributed by atoms with Crippen LogP contribution in [-0.2, 0) is 0 Å². The Morgan fingerprint density at radius 2 is 1.78 bits per heavy atom. The Balaban J connectivity index is 1.70. The van der Waals surface area contributed by atoms with E-state index in [-0.39, 0.29) is 23.4 Å². The van der Waals surface area contributed by atoms with Crippen molar-refractivity contribution < 1.29 is 9.47 Å². The van der Waals surface area contributed by atoms with Gasteiger partial charge in [-0.25, -0.2) is 0 Å². The molecule has 0 spiro atoms. The highest BCUT2D eigenvalue weighted by Crippen LogP contribution is 2.29. The molecule has 0 amide bonds. The van der Waals surface area contributed by atoms with Crippen molar-refractivity contribution in [1.82, 2.24) is 20.3 Å². The number of halogens is 1. The quantitative estimate of drug-likeness (QED) is 0.890. The smallest absolute Gasteiger partial charge is 0.324 e. The van der Waals surface area contributed by atoms with Crippen LogP contribution in [0.3, 0.4) is 0 Å². The van der Waals surface area contributed by atoms with Crippen molar-refractivity contribution in [2.45, 2.75) is 43.9 Å². The average Bonchev–Trinajstić information content (AvgIpc) is 2.68. The Hall–Kier alpha value is -1.14. The van der Waals surface area contributed by atoms with Gasteiger partial charge in [-0.15, -0.1) is 4.98 Å². The van der Waals surface area contributed by atoms with E-state index in [1.54, 1.807) is 0 Å². The lowest BCUT2D eigenvalue weighted by Crippen LogP contribution is -2.42. The summed E-state index contributed by atoms with van der Waals surface area (Å²) < 4.78 is 10.7. The predicted molar refractivity (Wildman–Crippen MR) is 65.0 cm³/mol. The number of rotatable bonds is 3. The molecular formula is C11H15ClN4O2. The second-order valence-electron chi connectivity index (χ2n) is 4.72. The van der Waals surface area contributed by atoms with Gasteiger partial charge in [-0.2, -0.15) is 9.97 Å². The molecule has 0 aliphatic carbocycles. The van der Waals surface area contributed by atoms with E-state index < -0.39 is 0 Å². The van der Waals surface area contributed by atoms with Gasteiger partial charge in [0.2, 0.25) is 5.28 Å². The number of methoxy groups -OCH3 is 1. The SMILES string of the molecule is COc1nc(Cl)nc(OC2CC3CCC(C2)N3)n1.